The van der Waals surface area contributed by atoms with Crippen molar-refractivity contribution in [2.24, 2.45) is 0 Å². The lowest BCUT2D eigenvalue weighted by atomic mass is 10.2. The third kappa shape index (κ3) is 3.41. The zero-order valence-electron chi connectivity index (χ0n) is 13.8. The van der Waals surface area contributed by atoms with E-state index in [1.165, 1.54) is 10.8 Å². The molecule has 1 aromatic heterocycles. The van der Waals surface area contributed by atoms with Crippen LogP contribution in [0.3, 0.4) is 0 Å². The molecule has 0 amide bonds. The third-order valence-corrected chi connectivity index (χ3v) is 4.40. The summed E-state index contributed by atoms with van der Waals surface area (Å²) in [5.41, 5.74) is -0.570. The number of aryl methyl sites for hydroxylation is 1. The zero-order chi connectivity index (χ0) is 16.6. The minimum atomic E-state index is -0.567. The second-order valence-corrected chi connectivity index (χ2v) is 6.63. The lowest BCUT2D eigenvalue weighted by Gasteiger charge is -2.45. The van der Waals surface area contributed by atoms with E-state index < -0.39 is 18.2 Å². The average molecular weight is 324 g/mol. The fourth-order valence-electron chi connectivity index (χ4n) is 2.55. The fourth-order valence-corrected chi connectivity index (χ4v) is 2.55. The molecule has 1 unspecified atom stereocenters. The normalized spacial score (nSPS) is 28.4. The zero-order valence-corrected chi connectivity index (χ0v) is 13.8. The van der Waals surface area contributed by atoms with E-state index in [0.717, 1.165) is 25.7 Å². The molecule has 2 fully saturated rings. The third-order valence-electron chi connectivity index (χ3n) is 4.40. The van der Waals surface area contributed by atoms with Crippen molar-refractivity contribution in [3.8, 4) is 0 Å². The van der Waals surface area contributed by atoms with Gasteiger partial charge in [0.15, 0.2) is 18.6 Å². The summed E-state index contributed by atoms with van der Waals surface area (Å²) >= 11 is 0. The Bertz CT molecular complexity index is 676. The number of ether oxygens (including phenoxy) is 3. The number of aromatic nitrogens is 2. The molecule has 0 bridgehead atoms. The molecule has 1 aromatic rings. The fraction of sp³-hybridized carbons (Fsp3) is 0.750. The number of nitrogens with one attached hydrogen (secondary N) is 1. The maximum absolute atomic E-state index is 12.1. The van der Waals surface area contributed by atoms with Crippen molar-refractivity contribution in [1.29, 1.82) is 0 Å². The molecule has 2 aliphatic rings. The Labute approximate surface area is 134 Å². The van der Waals surface area contributed by atoms with Crippen molar-refractivity contribution >= 4 is 0 Å². The molecule has 1 aliphatic carbocycles. The molecule has 1 saturated heterocycles. The van der Waals surface area contributed by atoms with Crippen LogP contribution in [0.2, 0.25) is 0 Å². The van der Waals surface area contributed by atoms with Crippen LogP contribution < -0.4 is 11.2 Å². The molecule has 3 atom stereocenters. The Hall–Kier alpha value is -1.44. The SMILES string of the molecule is CCCCOC1O[C@@H](n2cc(C)c(=O)[nH]c2=O)[C@H]1OC1(C)CC1. The Kier molecular flexibility index (Phi) is 4.44. The van der Waals surface area contributed by atoms with Crippen molar-refractivity contribution in [3.63, 3.8) is 0 Å². The van der Waals surface area contributed by atoms with Gasteiger partial charge in [-0.2, -0.15) is 0 Å². The number of hydrogen-bond acceptors (Lipinski definition) is 5. The molecule has 7 nitrogen and oxygen atoms in total. The largest absolute Gasteiger partial charge is 0.362 e. The van der Waals surface area contributed by atoms with Crippen LogP contribution >= 0.6 is 0 Å². The molecular weight excluding hydrogens is 300 g/mol. The van der Waals surface area contributed by atoms with Gasteiger partial charge in [-0.25, -0.2) is 4.79 Å². The smallest absolute Gasteiger partial charge is 0.330 e. The molecular formula is C16H24N2O5. The quantitative estimate of drug-likeness (QED) is 0.768. The van der Waals surface area contributed by atoms with Gasteiger partial charge < -0.3 is 14.2 Å². The first-order chi connectivity index (χ1) is 10.9. The van der Waals surface area contributed by atoms with Gasteiger partial charge in [0, 0.05) is 18.4 Å². The topological polar surface area (TPSA) is 82.5 Å². The summed E-state index contributed by atoms with van der Waals surface area (Å²) in [5, 5.41) is 0. The van der Waals surface area contributed by atoms with Crippen molar-refractivity contribution in [2.75, 3.05) is 6.61 Å². The monoisotopic (exact) mass is 324 g/mol. The highest BCUT2D eigenvalue weighted by Gasteiger charge is 2.52. The van der Waals surface area contributed by atoms with E-state index in [2.05, 4.69) is 11.9 Å². The number of unbranched alkanes of at least 4 members (excludes halogenated alkanes) is 1. The first-order valence-electron chi connectivity index (χ1n) is 8.20. The molecule has 0 spiro atoms. The lowest BCUT2D eigenvalue weighted by Crippen LogP contribution is -2.57. The summed E-state index contributed by atoms with van der Waals surface area (Å²) in [4.78, 5) is 25.9. The van der Waals surface area contributed by atoms with Gasteiger partial charge in [-0.15, -0.1) is 0 Å². The highest BCUT2D eigenvalue weighted by Crippen LogP contribution is 2.45. The summed E-state index contributed by atoms with van der Waals surface area (Å²) in [7, 11) is 0. The van der Waals surface area contributed by atoms with Gasteiger partial charge in [-0.1, -0.05) is 13.3 Å². The molecule has 2 heterocycles. The van der Waals surface area contributed by atoms with Crippen LogP contribution in [-0.2, 0) is 14.2 Å². The van der Waals surface area contributed by atoms with Crippen molar-refractivity contribution in [2.45, 2.75) is 70.7 Å². The van der Waals surface area contributed by atoms with Crippen LogP contribution in [0.1, 0.15) is 51.3 Å². The summed E-state index contributed by atoms with van der Waals surface area (Å²) in [6.45, 7) is 6.40. The van der Waals surface area contributed by atoms with Gasteiger partial charge in [-0.05, 0) is 33.1 Å². The second kappa shape index (κ2) is 6.22. The van der Waals surface area contributed by atoms with Gasteiger partial charge in [0.05, 0.1) is 5.60 Å². The maximum atomic E-state index is 12.1. The molecule has 7 heteroatoms. The first kappa shape index (κ1) is 16.4. The minimum Gasteiger partial charge on any atom is -0.362 e. The van der Waals surface area contributed by atoms with E-state index in [1.54, 1.807) is 6.92 Å². The van der Waals surface area contributed by atoms with Crippen LogP contribution in [0.5, 0.6) is 0 Å². The Morgan fingerprint density at radius 2 is 2.17 bits per heavy atom. The number of nitrogens with zero attached hydrogens (tertiary/aromatic N) is 1. The molecule has 1 aliphatic heterocycles. The van der Waals surface area contributed by atoms with Crippen molar-refractivity contribution in [3.05, 3.63) is 32.6 Å². The first-order valence-corrected chi connectivity index (χ1v) is 8.20. The lowest BCUT2D eigenvalue weighted by molar-refractivity contribution is -0.368. The Balaban J connectivity index is 1.77. The summed E-state index contributed by atoms with van der Waals surface area (Å²) < 4.78 is 18.9. The highest BCUT2D eigenvalue weighted by atomic mass is 16.7. The van der Waals surface area contributed by atoms with Crippen molar-refractivity contribution in [1.82, 2.24) is 9.55 Å². The van der Waals surface area contributed by atoms with Gasteiger partial charge >= 0.3 is 5.69 Å². The van der Waals surface area contributed by atoms with Gasteiger partial charge in [0.1, 0.15) is 0 Å². The van der Waals surface area contributed by atoms with E-state index in [4.69, 9.17) is 14.2 Å². The molecule has 23 heavy (non-hydrogen) atoms. The Morgan fingerprint density at radius 3 is 2.83 bits per heavy atom. The van der Waals surface area contributed by atoms with Gasteiger partial charge in [0.2, 0.25) is 0 Å². The number of aromatic amines is 1. The number of hydrogen-bond donors (Lipinski definition) is 1. The second-order valence-electron chi connectivity index (χ2n) is 6.63. The molecule has 128 valence electrons. The van der Waals surface area contributed by atoms with Crippen LogP contribution in [0.15, 0.2) is 15.8 Å². The number of rotatable bonds is 7. The molecule has 1 N–H and O–H groups in total. The molecule has 0 aromatic carbocycles. The summed E-state index contributed by atoms with van der Waals surface area (Å²) in [5.74, 6) is 0. The standard InChI is InChI=1S/C16H24N2O5/c1-4-5-8-21-14-11(23-16(3)6-7-16)13(22-14)18-9-10(2)12(19)17-15(18)20/h9,11,13-14H,4-8H2,1-3H3,(H,17,19,20)/t11-,13-,14?/m1/s1. The maximum Gasteiger partial charge on any atom is 0.330 e. The minimum absolute atomic E-state index is 0.153. The Morgan fingerprint density at radius 1 is 1.43 bits per heavy atom. The predicted molar refractivity (Wildman–Crippen MR) is 83.3 cm³/mol. The van der Waals surface area contributed by atoms with Gasteiger partial charge in [0.25, 0.3) is 5.56 Å². The van der Waals surface area contributed by atoms with Gasteiger partial charge in [-0.3, -0.25) is 14.3 Å². The van der Waals surface area contributed by atoms with Crippen LogP contribution in [-0.4, -0.2) is 34.2 Å². The van der Waals surface area contributed by atoms with Crippen LogP contribution in [0, 0.1) is 6.92 Å². The highest BCUT2D eigenvalue weighted by molar-refractivity contribution is 5.03. The molecule has 1 saturated carbocycles. The number of H-pyrrole nitrogens is 1. The van der Waals surface area contributed by atoms with Crippen LogP contribution in [0.25, 0.3) is 0 Å². The van der Waals surface area contributed by atoms with E-state index in [-0.39, 0.29) is 17.3 Å². The van der Waals surface area contributed by atoms with Crippen molar-refractivity contribution < 1.29 is 14.2 Å². The summed E-state index contributed by atoms with van der Waals surface area (Å²) in [6, 6.07) is 0. The molecule has 3 rings (SSSR count). The summed E-state index contributed by atoms with van der Waals surface area (Å²) in [6.07, 6.45) is 4.12. The van der Waals surface area contributed by atoms with E-state index in [9.17, 15) is 9.59 Å². The predicted octanol–water partition coefficient (Wildman–Crippen LogP) is 1.45. The van der Waals surface area contributed by atoms with E-state index in [0.29, 0.717) is 12.2 Å². The van der Waals surface area contributed by atoms with Crippen LogP contribution in [0.4, 0.5) is 0 Å². The molecule has 0 radical (unpaired) electrons. The van der Waals surface area contributed by atoms with E-state index >= 15 is 0 Å². The average Bonchev–Trinajstić information content (AvgIpc) is 3.23. The van der Waals surface area contributed by atoms with E-state index in [1.807, 2.05) is 6.92 Å².